The van der Waals surface area contributed by atoms with Crippen molar-refractivity contribution in [2.75, 3.05) is 13.1 Å². The summed E-state index contributed by atoms with van der Waals surface area (Å²) >= 11 is 7.86. The zero-order valence-corrected chi connectivity index (χ0v) is 11.6. The van der Waals surface area contributed by atoms with Gasteiger partial charge in [-0.1, -0.05) is 11.6 Å². The van der Waals surface area contributed by atoms with Crippen LogP contribution in [-0.2, 0) is 0 Å². The minimum atomic E-state index is -3.11. The number of nitrogens with two attached hydrogens (primary N) is 1. The molecule has 0 aliphatic rings. The average molecular weight is 375 g/mol. The Balaban J connectivity index is 2.71. The van der Waals surface area contributed by atoms with Crippen LogP contribution in [-0.4, -0.2) is 24.9 Å². The van der Waals surface area contributed by atoms with Gasteiger partial charge in [-0.3, -0.25) is 4.79 Å². The lowest BCUT2D eigenvalue weighted by Gasteiger charge is -2.14. The summed E-state index contributed by atoms with van der Waals surface area (Å²) in [6.07, 6.45) is 0. The lowest BCUT2D eigenvalue weighted by atomic mass is 10.2. The van der Waals surface area contributed by atoms with E-state index in [1.54, 1.807) is 12.1 Å². The van der Waals surface area contributed by atoms with Crippen LogP contribution in [0.2, 0.25) is 5.02 Å². The molecule has 0 bridgehead atoms. The molecule has 1 aromatic rings. The molecule has 0 saturated carbocycles. The Hall–Kier alpha value is -0.470. The van der Waals surface area contributed by atoms with E-state index in [4.69, 9.17) is 17.3 Å². The summed E-state index contributed by atoms with van der Waals surface area (Å²) in [4.78, 5) is 11.6. The van der Waals surface area contributed by atoms with Crippen LogP contribution in [0.1, 0.15) is 10.4 Å². The maximum Gasteiger partial charge on any atom is 0.277 e. The molecule has 0 aliphatic heterocycles. The Morgan fingerprint density at radius 3 is 2.71 bits per heavy atom. The number of benzene rings is 1. The second kappa shape index (κ2) is 5.92. The Labute approximate surface area is 116 Å². The molecule has 3 nitrogen and oxygen atoms in total. The van der Waals surface area contributed by atoms with E-state index in [-0.39, 0.29) is 10.6 Å². The third-order valence-corrected chi connectivity index (χ3v) is 2.97. The average Bonchev–Trinajstić information content (AvgIpc) is 2.26. The van der Waals surface area contributed by atoms with Crippen LogP contribution in [0.15, 0.2) is 18.2 Å². The number of carbonyl (C=O) groups excluding carboxylic acids is 1. The molecule has 0 aliphatic carbocycles. The Bertz CT molecular complexity index is 429. The summed E-state index contributed by atoms with van der Waals surface area (Å²) in [5.41, 5.74) is 5.02. The van der Waals surface area contributed by atoms with Crippen molar-refractivity contribution in [2.24, 2.45) is 5.73 Å². The van der Waals surface area contributed by atoms with E-state index >= 15 is 0 Å². The van der Waals surface area contributed by atoms with Gasteiger partial charge in [-0.25, -0.2) is 8.78 Å². The van der Waals surface area contributed by atoms with Gasteiger partial charge in [0.25, 0.3) is 11.8 Å². The van der Waals surface area contributed by atoms with Gasteiger partial charge in [0.15, 0.2) is 0 Å². The SMILES string of the molecule is NCC(F)(F)CNC(=O)c1ccc(I)cc1Cl. The monoisotopic (exact) mass is 374 g/mol. The van der Waals surface area contributed by atoms with Crippen molar-refractivity contribution in [1.82, 2.24) is 5.32 Å². The van der Waals surface area contributed by atoms with Crippen LogP contribution in [0.3, 0.4) is 0 Å². The number of halogens is 4. The van der Waals surface area contributed by atoms with Gasteiger partial charge in [0, 0.05) is 3.57 Å². The van der Waals surface area contributed by atoms with Crippen LogP contribution >= 0.6 is 34.2 Å². The zero-order valence-electron chi connectivity index (χ0n) is 8.64. The first-order valence-electron chi connectivity index (χ1n) is 4.67. The molecular weight excluding hydrogens is 364 g/mol. The van der Waals surface area contributed by atoms with Gasteiger partial charge >= 0.3 is 0 Å². The molecule has 1 rings (SSSR count). The van der Waals surface area contributed by atoms with Crippen molar-refractivity contribution in [2.45, 2.75) is 5.92 Å². The van der Waals surface area contributed by atoms with Crippen LogP contribution in [0.4, 0.5) is 8.78 Å². The number of hydrogen-bond acceptors (Lipinski definition) is 2. The quantitative estimate of drug-likeness (QED) is 0.795. The molecule has 17 heavy (non-hydrogen) atoms. The minimum absolute atomic E-state index is 0.167. The van der Waals surface area contributed by atoms with E-state index in [1.807, 2.05) is 22.6 Å². The van der Waals surface area contributed by atoms with Crippen LogP contribution < -0.4 is 11.1 Å². The summed E-state index contributed by atoms with van der Waals surface area (Å²) in [6, 6.07) is 4.74. The van der Waals surface area contributed by atoms with Crippen molar-refractivity contribution in [3.8, 4) is 0 Å². The number of rotatable bonds is 4. The lowest BCUT2D eigenvalue weighted by molar-refractivity contribution is 0.0118. The normalized spacial score (nSPS) is 11.4. The van der Waals surface area contributed by atoms with Crippen molar-refractivity contribution < 1.29 is 13.6 Å². The largest absolute Gasteiger partial charge is 0.346 e. The fraction of sp³-hybridized carbons (Fsp3) is 0.300. The predicted octanol–water partition coefficient (Wildman–Crippen LogP) is 2.27. The number of amides is 1. The van der Waals surface area contributed by atoms with E-state index in [1.165, 1.54) is 6.07 Å². The fourth-order valence-electron chi connectivity index (χ4n) is 1.05. The fourth-order valence-corrected chi connectivity index (χ4v) is 1.99. The van der Waals surface area contributed by atoms with Gasteiger partial charge in [0.1, 0.15) is 0 Å². The van der Waals surface area contributed by atoms with Crippen molar-refractivity contribution >= 4 is 40.1 Å². The van der Waals surface area contributed by atoms with Gasteiger partial charge in [-0.15, -0.1) is 0 Å². The highest BCUT2D eigenvalue weighted by atomic mass is 127. The minimum Gasteiger partial charge on any atom is -0.346 e. The van der Waals surface area contributed by atoms with Gasteiger partial charge in [0.05, 0.1) is 23.7 Å². The first-order chi connectivity index (χ1) is 7.85. The first kappa shape index (κ1) is 14.6. The predicted molar refractivity (Wildman–Crippen MR) is 70.5 cm³/mol. The van der Waals surface area contributed by atoms with Gasteiger partial charge < -0.3 is 11.1 Å². The van der Waals surface area contributed by atoms with Crippen LogP contribution in [0, 0.1) is 3.57 Å². The second-order valence-corrected chi connectivity index (χ2v) is 5.02. The molecule has 0 unspecified atom stereocenters. The summed E-state index contributed by atoms with van der Waals surface area (Å²) in [7, 11) is 0. The van der Waals surface area contributed by atoms with Crippen LogP contribution in [0.5, 0.6) is 0 Å². The van der Waals surface area contributed by atoms with Gasteiger partial charge in [-0.2, -0.15) is 0 Å². The van der Waals surface area contributed by atoms with E-state index in [0.717, 1.165) is 3.57 Å². The third-order valence-electron chi connectivity index (χ3n) is 1.98. The molecule has 0 radical (unpaired) electrons. The Morgan fingerprint density at radius 2 is 2.18 bits per heavy atom. The number of alkyl halides is 2. The summed E-state index contributed by atoms with van der Waals surface area (Å²) in [6.45, 7) is -1.61. The highest BCUT2D eigenvalue weighted by Crippen LogP contribution is 2.19. The molecule has 0 atom stereocenters. The number of hydrogen-bond donors (Lipinski definition) is 2. The smallest absolute Gasteiger partial charge is 0.277 e. The Kier molecular flexibility index (Phi) is 5.08. The molecule has 1 amide bonds. The summed E-state index contributed by atoms with van der Waals surface area (Å²) in [5.74, 6) is -3.75. The molecule has 0 fully saturated rings. The molecule has 94 valence electrons. The van der Waals surface area contributed by atoms with E-state index in [9.17, 15) is 13.6 Å². The zero-order chi connectivity index (χ0) is 13.1. The maximum absolute atomic E-state index is 12.8. The molecule has 3 N–H and O–H groups in total. The van der Waals surface area contributed by atoms with E-state index in [0.29, 0.717) is 0 Å². The van der Waals surface area contributed by atoms with Gasteiger partial charge in [-0.05, 0) is 40.8 Å². The second-order valence-electron chi connectivity index (χ2n) is 3.37. The number of nitrogens with one attached hydrogen (secondary N) is 1. The third kappa shape index (κ3) is 4.36. The molecule has 0 heterocycles. The molecular formula is C10H10ClF2IN2O. The molecule has 1 aromatic carbocycles. The van der Waals surface area contributed by atoms with Crippen molar-refractivity contribution in [1.29, 1.82) is 0 Å². The van der Waals surface area contributed by atoms with Crippen molar-refractivity contribution in [3.63, 3.8) is 0 Å². The molecule has 0 aromatic heterocycles. The van der Waals surface area contributed by atoms with Crippen molar-refractivity contribution in [3.05, 3.63) is 32.4 Å². The number of carbonyl (C=O) groups is 1. The lowest BCUT2D eigenvalue weighted by Crippen LogP contribution is -2.41. The van der Waals surface area contributed by atoms with Crippen LogP contribution in [0.25, 0.3) is 0 Å². The first-order valence-corrected chi connectivity index (χ1v) is 6.12. The highest BCUT2D eigenvalue weighted by Gasteiger charge is 2.27. The topological polar surface area (TPSA) is 55.1 Å². The van der Waals surface area contributed by atoms with Gasteiger partial charge in [0.2, 0.25) is 0 Å². The highest BCUT2D eigenvalue weighted by molar-refractivity contribution is 14.1. The maximum atomic E-state index is 12.8. The molecule has 0 spiro atoms. The molecule has 0 saturated heterocycles. The summed E-state index contributed by atoms with van der Waals surface area (Å²) < 4.78 is 26.5. The summed E-state index contributed by atoms with van der Waals surface area (Å²) in [5, 5.41) is 2.32. The Morgan fingerprint density at radius 1 is 1.53 bits per heavy atom. The van der Waals surface area contributed by atoms with E-state index < -0.39 is 24.9 Å². The van der Waals surface area contributed by atoms with E-state index in [2.05, 4.69) is 5.32 Å². The standard InChI is InChI=1S/C10H10ClF2IN2O/c11-8-3-6(14)1-2-7(8)9(17)16-5-10(12,13)4-15/h1-3H,4-5,15H2,(H,16,17). The molecule has 7 heteroatoms.